The fraction of sp³-hybridized carbons (Fsp3) is 0.375. The average Bonchev–Trinajstić information content (AvgIpc) is 2.47. The molecule has 1 aromatic heterocycles. The quantitative estimate of drug-likeness (QED) is 0.847. The lowest BCUT2D eigenvalue weighted by Gasteiger charge is -2.13. The third-order valence-corrected chi connectivity index (χ3v) is 3.24. The number of hydrogen-bond donors (Lipinski definition) is 2. The second kappa shape index (κ2) is 7.01. The lowest BCUT2D eigenvalue weighted by molar-refractivity contribution is 0.674. The minimum absolute atomic E-state index is 0.0530. The number of aromatic nitrogens is 2. The zero-order valence-electron chi connectivity index (χ0n) is 12.1. The highest BCUT2D eigenvalue weighted by Crippen LogP contribution is 2.14. The first kappa shape index (κ1) is 14.5. The molecule has 3 N–H and O–H groups in total. The molecule has 4 nitrogen and oxygen atoms in total. The number of hydrogen-bond acceptors (Lipinski definition) is 4. The van der Waals surface area contributed by atoms with Gasteiger partial charge in [-0.2, -0.15) is 0 Å². The van der Waals surface area contributed by atoms with Crippen molar-refractivity contribution in [3.05, 3.63) is 53.5 Å². The predicted octanol–water partition coefficient (Wildman–Crippen LogP) is 2.85. The molecule has 2 rings (SSSR count). The van der Waals surface area contributed by atoms with E-state index in [1.165, 1.54) is 5.56 Å². The summed E-state index contributed by atoms with van der Waals surface area (Å²) in [5.41, 5.74) is 8.40. The molecule has 0 saturated carbocycles. The maximum Gasteiger partial charge on any atom is 0.129 e. The van der Waals surface area contributed by atoms with Crippen LogP contribution in [-0.2, 0) is 6.42 Å². The number of nitrogens with one attached hydrogen (secondary N) is 1. The molecule has 0 spiro atoms. The molecular formula is C16H22N4. The molecule has 0 radical (unpaired) electrons. The van der Waals surface area contributed by atoms with Crippen molar-refractivity contribution in [1.82, 2.24) is 9.97 Å². The first-order valence-electron chi connectivity index (χ1n) is 7.08. The van der Waals surface area contributed by atoms with Gasteiger partial charge >= 0.3 is 0 Å². The van der Waals surface area contributed by atoms with Gasteiger partial charge < -0.3 is 11.1 Å². The number of nitrogens with zero attached hydrogens (tertiary/aromatic N) is 2. The van der Waals surface area contributed by atoms with E-state index in [4.69, 9.17) is 5.73 Å². The first-order valence-corrected chi connectivity index (χ1v) is 7.08. The van der Waals surface area contributed by atoms with Crippen LogP contribution < -0.4 is 11.1 Å². The summed E-state index contributed by atoms with van der Waals surface area (Å²) in [4.78, 5) is 8.76. The Morgan fingerprint density at radius 3 is 2.65 bits per heavy atom. The summed E-state index contributed by atoms with van der Waals surface area (Å²) in [6.07, 6.45) is 1.79. The van der Waals surface area contributed by atoms with E-state index in [-0.39, 0.29) is 6.04 Å². The fourth-order valence-corrected chi connectivity index (χ4v) is 2.12. The van der Waals surface area contributed by atoms with Gasteiger partial charge in [0.25, 0.3) is 0 Å². The van der Waals surface area contributed by atoms with Gasteiger partial charge in [-0.05, 0) is 25.3 Å². The van der Waals surface area contributed by atoms with Crippen molar-refractivity contribution in [2.45, 2.75) is 32.7 Å². The molecule has 0 aliphatic carbocycles. The minimum Gasteiger partial charge on any atom is -0.370 e. The molecule has 0 aliphatic heterocycles. The smallest absolute Gasteiger partial charge is 0.129 e. The van der Waals surface area contributed by atoms with Crippen molar-refractivity contribution in [1.29, 1.82) is 0 Å². The van der Waals surface area contributed by atoms with Crippen LogP contribution in [0.25, 0.3) is 0 Å². The summed E-state index contributed by atoms with van der Waals surface area (Å²) in [6.45, 7) is 4.81. The van der Waals surface area contributed by atoms with Crippen molar-refractivity contribution in [2.75, 3.05) is 11.9 Å². The first-order chi connectivity index (χ1) is 9.69. The molecular weight excluding hydrogens is 248 g/mol. The number of benzene rings is 1. The molecule has 0 saturated heterocycles. The standard InChI is InChI=1S/C16H22N4/c1-3-14-11-16(20-12(2)19-14)18-10-9-15(17)13-7-5-4-6-8-13/h4-8,11,15H,3,9-10,17H2,1-2H3,(H,18,19,20). The highest BCUT2D eigenvalue weighted by atomic mass is 15.0. The Kier molecular flexibility index (Phi) is 5.07. The molecule has 0 aliphatic rings. The molecule has 1 unspecified atom stereocenters. The zero-order valence-corrected chi connectivity index (χ0v) is 12.1. The number of rotatable bonds is 6. The van der Waals surface area contributed by atoms with Crippen molar-refractivity contribution < 1.29 is 0 Å². The topological polar surface area (TPSA) is 63.8 Å². The monoisotopic (exact) mass is 270 g/mol. The SMILES string of the molecule is CCc1cc(NCCC(N)c2ccccc2)nc(C)n1. The fourth-order valence-electron chi connectivity index (χ4n) is 2.12. The Bertz CT molecular complexity index is 539. The van der Waals surface area contributed by atoms with E-state index < -0.39 is 0 Å². The van der Waals surface area contributed by atoms with Gasteiger partial charge in [-0.1, -0.05) is 37.3 Å². The Hall–Kier alpha value is -1.94. The lowest BCUT2D eigenvalue weighted by Crippen LogP contribution is -2.16. The lowest BCUT2D eigenvalue weighted by atomic mass is 10.1. The maximum absolute atomic E-state index is 6.17. The van der Waals surface area contributed by atoms with Crippen LogP contribution >= 0.6 is 0 Å². The van der Waals surface area contributed by atoms with Gasteiger partial charge in [-0.3, -0.25) is 0 Å². The summed E-state index contributed by atoms with van der Waals surface area (Å²) in [6, 6.07) is 12.2. The number of anilines is 1. The van der Waals surface area contributed by atoms with E-state index in [9.17, 15) is 0 Å². The molecule has 1 atom stereocenters. The van der Waals surface area contributed by atoms with Gasteiger partial charge in [0.15, 0.2) is 0 Å². The second-order valence-corrected chi connectivity index (χ2v) is 4.88. The molecule has 0 amide bonds. The highest BCUT2D eigenvalue weighted by Gasteiger charge is 2.05. The van der Waals surface area contributed by atoms with Crippen molar-refractivity contribution in [3.63, 3.8) is 0 Å². The zero-order chi connectivity index (χ0) is 14.4. The predicted molar refractivity (Wildman–Crippen MR) is 82.6 cm³/mol. The molecule has 1 heterocycles. The van der Waals surface area contributed by atoms with Crippen LogP contribution in [0.4, 0.5) is 5.82 Å². The summed E-state index contributed by atoms with van der Waals surface area (Å²) in [7, 11) is 0. The number of nitrogens with two attached hydrogens (primary N) is 1. The molecule has 4 heteroatoms. The van der Waals surface area contributed by atoms with E-state index in [1.54, 1.807) is 0 Å². The average molecular weight is 270 g/mol. The van der Waals surface area contributed by atoms with Crippen molar-refractivity contribution >= 4 is 5.82 Å². The summed E-state index contributed by atoms with van der Waals surface area (Å²) in [5, 5.41) is 3.33. The van der Waals surface area contributed by atoms with Crippen molar-refractivity contribution in [3.8, 4) is 0 Å². The Balaban J connectivity index is 1.88. The Morgan fingerprint density at radius 1 is 1.20 bits per heavy atom. The van der Waals surface area contributed by atoms with Crippen LogP contribution in [0.2, 0.25) is 0 Å². The Labute approximate surface area is 120 Å². The van der Waals surface area contributed by atoms with Gasteiger partial charge in [0, 0.05) is 24.3 Å². The van der Waals surface area contributed by atoms with Crippen molar-refractivity contribution in [2.24, 2.45) is 5.73 Å². The molecule has 106 valence electrons. The molecule has 20 heavy (non-hydrogen) atoms. The van der Waals surface area contributed by atoms with Gasteiger partial charge in [0.05, 0.1) is 0 Å². The van der Waals surface area contributed by atoms with E-state index in [0.29, 0.717) is 0 Å². The van der Waals surface area contributed by atoms with Gasteiger partial charge in [-0.25, -0.2) is 9.97 Å². The number of aryl methyl sites for hydroxylation is 2. The molecule has 1 aromatic carbocycles. The highest BCUT2D eigenvalue weighted by molar-refractivity contribution is 5.36. The van der Waals surface area contributed by atoms with Gasteiger partial charge in [0.1, 0.15) is 11.6 Å². The van der Waals surface area contributed by atoms with E-state index in [2.05, 4.69) is 34.3 Å². The summed E-state index contributed by atoms with van der Waals surface area (Å²) in [5.74, 6) is 1.69. The largest absolute Gasteiger partial charge is 0.370 e. The normalized spacial score (nSPS) is 12.2. The van der Waals surface area contributed by atoms with Crippen LogP contribution in [0.3, 0.4) is 0 Å². The van der Waals surface area contributed by atoms with Crippen LogP contribution in [0.5, 0.6) is 0 Å². The van der Waals surface area contributed by atoms with E-state index in [1.807, 2.05) is 31.2 Å². The minimum atomic E-state index is 0.0530. The van der Waals surface area contributed by atoms with Crippen LogP contribution in [0.15, 0.2) is 36.4 Å². The van der Waals surface area contributed by atoms with Crippen LogP contribution in [-0.4, -0.2) is 16.5 Å². The molecule has 2 aromatic rings. The summed E-state index contributed by atoms with van der Waals surface area (Å²) < 4.78 is 0. The second-order valence-electron chi connectivity index (χ2n) is 4.88. The van der Waals surface area contributed by atoms with E-state index >= 15 is 0 Å². The molecule has 0 fully saturated rings. The van der Waals surface area contributed by atoms with Gasteiger partial charge in [0.2, 0.25) is 0 Å². The Morgan fingerprint density at radius 2 is 1.95 bits per heavy atom. The van der Waals surface area contributed by atoms with Crippen LogP contribution in [0, 0.1) is 6.92 Å². The van der Waals surface area contributed by atoms with E-state index in [0.717, 1.165) is 36.7 Å². The third-order valence-electron chi connectivity index (χ3n) is 3.24. The third kappa shape index (κ3) is 4.03. The van der Waals surface area contributed by atoms with Crippen LogP contribution in [0.1, 0.15) is 36.5 Å². The summed E-state index contributed by atoms with van der Waals surface area (Å²) >= 11 is 0. The molecule has 0 bridgehead atoms. The maximum atomic E-state index is 6.17. The van der Waals surface area contributed by atoms with Gasteiger partial charge in [-0.15, -0.1) is 0 Å².